The molecule has 0 spiro atoms. The normalized spacial score (nSPS) is 12.3. The lowest BCUT2D eigenvalue weighted by molar-refractivity contribution is -0.133. The van der Waals surface area contributed by atoms with Gasteiger partial charge < -0.3 is 10.4 Å². The molecule has 0 saturated carbocycles. The van der Waals surface area contributed by atoms with Crippen LogP contribution in [0.4, 0.5) is 0 Å². The van der Waals surface area contributed by atoms with Crippen molar-refractivity contribution in [2.24, 2.45) is 5.92 Å². The first-order chi connectivity index (χ1) is 6.86. The third-order valence-electron chi connectivity index (χ3n) is 2.23. The van der Waals surface area contributed by atoms with Gasteiger partial charge in [0.2, 0.25) is 5.91 Å². The zero-order valence-corrected chi connectivity index (χ0v) is 9.76. The predicted octanol–water partition coefficient (Wildman–Crippen LogP) is 1.57. The molecular weight excluding hydrogens is 194 g/mol. The van der Waals surface area contributed by atoms with E-state index in [0.29, 0.717) is 12.5 Å². The van der Waals surface area contributed by atoms with Gasteiger partial charge in [-0.1, -0.05) is 13.8 Å². The Morgan fingerprint density at radius 2 is 1.73 bits per heavy atom. The van der Waals surface area contributed by atoms with Gasteiger partial charge in [0.1, 0.15) is 0 Å². The van der Waals surface area contributed by atoms with E-state index in [0.717, 1.165) is 6.42 Å². The summed E-state index contributed by atoms with van der Waals surface area (Å²) < 4.78 is 0. The van der Waals surface area contributed by atoms with Crippen LogP contribution in [0.5, 0.6) is 0 Å². The minimum Gasteiger partial charge on any atom is -0.478 e. The molecule has 4 nitrogen and oxygen atoms in total. The first-order valence-corrected chi connectivity index (χ1v) is 5.05. The third-order valence-corrected chi connectivity index (χ3v) is 2.23. The summed E-state index contributed by atoms with van der Waals surface area (Å²) in [7, 11) is 0. The minimum absolute atomic E-state index is 0.0945. The van der Waals surface area contributed by atoms with E-state index in [2.05, 4.69) is 19.2 Å². The van der Waals surface area contributed by atoms with Crippen molar-refractivity contribution < 1.29 is 14.7 Å². The Morgan fingerprint density at radius 1 is 1.20 bits per heavy atom. The molecule has 0 aromatic carbocycles. The molecule has 0 atom stereocenters. The van der Waals surface area contributed by atoms with Crippen molar-refractivity contribution in [1.29, 1.82) is 0 Å². The first kappa shape index (κ1) is 13.7. The quantitative estimate of drug-likeness (QED) is 0.681. The molecule has 1 amide bonds. The fourth-order valence-corrected chi connectivity index (χ4v) is 0.938. The van der Waals surface area contributed by atoms with Gasteiger partial charge >= 0.3 is 5.97 Å². The van der Waals surface area contributed by atoms with E-state index in [1.165, 1.54) is 13.8 Å². The average Bonchev–Trinajstić information content (AvgIpc) is 2.14. The standard InChI is InChI=1S/C11H19NO3/c1-7(2)5-6-12-10(13)8(3)9(4)11(14)15/h7H,5-6H2,1-4H3,(H,12,13)(H,14,15). The van der Waals surface area contributed by atoms with Gasteiger partial charge in [-0.15, -0.1) is 0 Å². The number of carbonyl (C=O) groups excluding carboxylic acids is 1. The van der Waals surface area contributed by atoms with Gasteiger partial charge in [0, 0.05) is 17.7 Å². The molecule has 0 saturated heterocycles. The third kappa shape index (κ3) is 5.20. The number of hydrogen-bond donors (Lipinski definition) is 2. The Labute approximate surface area is 90.4 Å². The Hall–Kier alpha value is -1.32. The second-order valence-corrected chi connectivity index (χ2v) is 3.99. The molecule has 0 bridgehead atoms. The van der Waals surface area contributed by atoms with Crippen LogP contribution in [0.25, 0.3) is 0 Å². The van der Waals surface area contributed by atoms with Crippen LogP contribution in [-0.4, -0.2) is 23.5 Å². The molecule has 0 radical (unpaired) electrons. The molecule has 2 N–H and O–H groups in total. The van der Waals surface area contributed by atoms with Gasteiger partial charge in [-0.05, 0) is 26.2 Å². The number of amides is 1. The van der Waals surface area contributed by atoms with E-state index in [1.54, 1.807) is 0 Å². The second-order valence-electron chi connectivity index (χ2n) is 3.99. The van der Waals surface area contributed by atoms with E-state index in [-0.39, 0.29) is 17.1 Å². The highest BCUT2D eigenvalue weighted by molar-refractivity contribution is 6.01. The van der Waals surface area contributed by atoms with Crippen LogP contribution in [0.3, 0.4) is 0 Å². The van der Waals surface area contributed by atoms with Gasteiger partial charge in [-0.2, -0.15) is 0 Å². The summed E-state index contributed by atoms with van der Waals surface area (Å²) in [6, 6.07) is 0. The summed E-state index contributed by atoms with van der Waals surface area (Å²) in [6.45, 7) is 7.67. The van der Waals surface area contributed by atoms with Crippen LogP contribution >= 0.6 is 0 Å². The monoisotopic (exact) mass is 213 g/mol. The molecule has 0 aromatic heterocycles. The molecule has 0 aromatic rings. The summed E-state index contributed by atoms with van der Waals surface area (Å²) >= 11 is 0. The van der Waals surface area contributed by atoms with Crippen molar-refractivity contribution in [3.63, 3.8) is 0 Å². The van der Waals surface area contributed by atoms with Gasteiger partial charge in [0.05, 0.1) is 0 Å². The first-order valence-electron chi connectivity index (χ1n) is 5.05. The van der Waals surface area contributed by atoms with Crippen LogP contribution in [0.1, 0.15) is 34.1 Å². The zero-order valence-electron chi connectivity index (χ0n) is 9.76. The highest BCUT2D eigenvalue weighted by Gasteiger charge is 2.11. The van der Waals surface area contributed by atoms with E-state index in [4.69, 9.17) is 5.11 Å². The molecular formula is C11H19NO3. The molecule has 0 aliphatic rings. The van der Waals surface area contributed by atoms with Gasteiger partial charge in [0.25, 0.3) is 0 Å². The summed E-state index contributed by atoms with van der Waals surface area (Å²) in [5.74, 6) is -0.822. The van der Waals surface area contributed by atoms with E-state index < -0.39 is 5.97 Å². The lowest BCUT2D eigenvalue weighted by Gasteiger charge is -2.08. The Kier molecular flexibility index (Phi) is 5.67. The van der Waals surface area contributed by atoms with Crippen LogP contribution < -0.4 is 5.32 Å². The van der Waals surface area contributed by atoms with E-state index in [1.807, 2.05) is 0 Å². The topological polar surface area (TPSA) is 66.4 Å². The fourth-order valence-electron chi connectivity index (χ4n) is 0.938. The number of carboxylic acid groups (broad SMARTS) is 1. The number of hydrogen-bond acceptors (Lipinski definition) is 2. The lowest BCUT2D eigenvalue weighted by atomic mass is 10.1. The Bertz CT molecular complexity index is 280. The van der Waals surface area contributed by atoms with Crippen LogP contribution in [0.2, 0.25) is 0 Å². The van der Waals surface area contributed by atoms with E-state index >= 15 is 0 Å². The van der Waals surface area contributed by atoms with Crippen molar-refractivity contribution in [1.82, 2.24) is 5.32 Å². The maximum absolute atomic E-state index is 11.4. The van der Waals surface area contributed by atoms with E-state index in [9.17, 15) is 9.59 Å². The molecule has 0 heterocycles. The number of aliphatic carboxylic acids is 1. The largest absolute Gasteiger partial charge is 0.478 e. The zero-order chi connectivity index (χ0) is 12.0. The summed E-state index contributed by atoms with van der Waals surface area (Å²) in [5.41, 5.74) is 0.364. The number of carbonyl (C=O) groups is 2. The van der Waals surface area contributed by atoms with Crippen molar-refractivity contribution in [3.05, 3.63) is 11.1 Å². The number of rotatable bonds is 5. The maximum Gasteiger partial charge on any atom is 0.331 e. The molecule has 15 heavy (non-hydrogen) atoms. The molecule has 0 aliphatic heterocycles. The minimum atomic E-state index is -1.05. The fraction of sp³-hybridized carbons (Fsp3) is 0.636. The van der Waals surface area contributed by atoms with Crippen molar-refractivity contribution >= 4 is 11.9 Å². The average molecular weight is 213 g/mol. The lowest BCUT2D eigenvalue weighted by Crippen LogP contribution is -2.27. The highest BCUT2D eigenvalue weighted by atomic mass is 16.4. The molecule has 4 heteroatoms. The van der Waals surface area contributed by atoms with Crippen LogP contribution in [0.15, 0.2) is 11.1 Å². The summed E-state index contributed by atoms with van der Waals surface area (Å²) in [5, 5.41) is 11.4. The Balaban J connectivity index is 4.22. The smallest absolute Gasteiger partial charge is 0.331 e. The van der Waals surface area contributed by atoms with Crippen molar-refractivity contribution in [2.45, 2.75) is 34.1 Å². The van der Waals surface area contributed by atoms with Crippen molar-refractivity contribution in [3.8, 4) is 0 Å². The molecule has 86 valence electrons. The Morgan fingerprint density at radius 3 is 2.13 bits per heavy atom. The highest BCUT2D eigenvalue weighted by Crippen LogP contribution is 2.04. The second kappa shape index (κ2) is 6.22. The molecule has 0 unspecified atom stereocenters. The van der Waals surface area contributed by atoms with Crippen LogP contribution in [-0.2, 0) is 9.59 Å². The summed E-state index contributed by atoms with van der Waals surface area (Å²) in [4.78, 5) is 22.0. The predicted molar refractivity (Wildman–Crippen MR) is 58.5 cm³/mol. The maximum atomic E-state index is 11.4. The van der Waals surface area contributed by atoms with Crippen LogP contribution in [0, 0.1) is 5.92 Å². The molecule has 0 rings (SSSR count). The van der Waals surface area contributed by atoms with Crippen molar-refractivity contribution in [2.75, 3.05) is 6.54 Å². The molecule has 0 fully saturated rings. The van der Waals surface area contributed by atoms with Gasteiger partial charge in [0.15, 0.2) is 0 Å². The SMILES string of the molecule is CC(C(=O)O)=C(C)C(=O)NCCC(C)C. The number of nitrogens with one attached hydrogen (secondary N) is 1. The summed E-state index contributed by atoms with van der Waals surface area (Å²) in [6.07, 6.45) is 0.894. The van der Waals surface area contributed by atoms with Gasteiger partial charge in [-0.25, -0.2) is 4.79 Å². The molecule has 0 aliphatic carbocycles. The number of carboxylic acids is 1. The van der Waals surface area contributed by atoms with Gasteiger partial charge in [-0.3, -0.25) is 4.79 Å².